The first kappa shape index (κ1) is 11.4. The summed E-state index contributed by atoms with van der Waals surface area (Å²) in [6, 6.07) is 9.13. The Balaban J connectivity index is 2.32. The number of hydrogen-bond acceptors (Lipinski definition) is 4. The Bertz CT molecular complexity index is 589. The van der Waals surface area contributed by atoms with E-state index in [4.69, 9.17) is 16.9 Å². The molecule has 5 heteroatoms. The smallest absolute Gasteiger partial charge is 0.228 e. The lowest BCUT2D eigenvalue weighted by Crippen LogP contribution is -1.99. The molecule has 0 fully saturated rings. The van der Waals surface area contributed by atoms with Gasteiger partial charge in [0.2, 0.25) is 5.95 Å². The molecule has 0 saturated heterocycles. The molecule has 0 amide bonds. The number of aryl methyl sites for hydroxylation is 1. The predicted octanol–water partition coefficient (Wildman–Crippen LogP) is 3.05. The summed E-state index contributed by atoms with van der Waals surface area (Å²) in [5.74, 6) is 0.358. The molecule has 4 nitrogen and oxygen atoms in total. The van der Waals surface area contributed by atoms with Crippen molar-refractivity contribution < 1.29 is 0 Å². The normalized spacial score (nSPS) is 9.71. The summed E-state index contributed by atoms with van der Waals surface area (Å²) in [6.45, 7) is 1.92. The van der Waals surface area contributed by atoms with Crippen LogP contribution in [0.3, 0.4) is 0 Å². The summed E-state index contributed by atoms with van der Waals surface area (Å²) in [5.41, 5.74) is 2.00. The lowest BCUT2D eigenvalue weighted by atomic mass is 10.2. The van der Waals surface area contributed by atoms with Gasteiger partial charge >= 0.3 is 0 Å². The molecule has 0 atom stereocenters. The molecule has 1 aromatic heterocycles. The van der Waals surface area contributed by atoms with E-state index in [-0.39, 0.29) is 0 Å². The van der Waals surface area contributed by atoms with Crippen molar-refractivity contribution in [3.8, 4) is 6.07 Å². The molecule has 0 aliphatic heterocycles. The highest BCUT2D eigenvalue weighted by molar-refractivity contribution is 6.34. The van der Waals surface area contributed by atoms with Gasteiger partial charge in [-0.25, -0.2) is 9.97 Å². The van der Waals surface area contributed by atoms with Crippen LogP contribution in [0, 0.1) is 18.3 Å². The minimum atomic E-state index is 0.311. The Morgan fingerprint density at radius 1 is 1.35 bits per heavy atom. The first-order valence-corrected chi connectivity index (χ1v) is 5.34. The van der Waals surface area contributed by atoms with Crippen molar-refractivity contribution in [2.45, 2.75) is 6.92 Å². The highest BCUT2D eigenvalue weighted by Gasteiger charge is 2.05. The van der Waals surface area contributed by atoms with Gasteiger partial charge in [-0.2, -0.15) is 5.26 Å². The van der Waals surface area contributed by atoms with Crippen molar-refractivity contribution in [3.63, 3.8) is 0 Å². The van der Waals surface area contributed by atoms with E-state index in [1.165, 1.54) is 6.20 Å². The standard InChI is InChI=1S/C12H9ClN4/c1-8-3-2-4-10(11(8)13)17-12-15-6-5-9(7-14)16-12/h2-6H,1H3,(H,15,16,17). The topological polar surface area (TPSA) is 61.6 Å². The second-order valence-corrected chi connectivity index (χ2v) is 3.82. The first-order valence-electron chi connectivity index (χ1n) is 4.96. The van der Waals surface area contributed by atoms with Crippen LogP contribution in [0.1, 0.15) is 11.3 Å². The van der Waals surface area contributed by atoms with Gasteiger partial charge < -0.3 is 5.32 Å². The summed E-state index contributed by atoms with van der Waals surface area (Å²) in [6.07, 6.45) is 1.53. The number of nitrogens with one attached hydrogen (secondary N) is 1. The third-order valence-electron chi connectivity index (χ3n) is 2.21. The molecular formula is C12H9ClN4. The number of anilines is 2. The first-order chi connectivity index (χ1) is 8.20. The maximum Gasteiger partial charge on any atom is 0.228 e. The average molecular weight is 245 g/mol. The van der Waals surface area contributed by atoms with E-state index in [0.29, 0.717) is 16.7 Å². The van der Waals surface area contributed by atoms with E-state index in [9.17, 15) is 0 Å². The van der Waals surface area contributed by atoms with Crippen LogP contribution in [-0.2, 0) is 0 Å². The lowest BCUT2D eigenvalue weighted by molar-refractivity contribution is 1.14. The van der Waals surface area contributed by atoms with Gasteiger partial charge in [-0.15, -0.1) is 0 Å². The number of hydrogen-bond donors (Lipinski definition) is 1. The summed E-state index contributed by atoms with van der Waals surface area (Å²) in [5, 5.41) is 12.3. The molecule has 2 aromatic rings. The van der Waals surface area contributed by atoms with Crippen molar-refractivity contribution >= 4 is 23.2 Å². The van der Waals surface area contributed by atoms with Crippen molar-refractivity contribution in [3.05, 3.63) is 46.7 Å². The van der Waals surface area contributed by atoms with Crippen LogP contribution in [0.15, 0.2) is 30.5 Å². The fraction of sp³-hybridized carbons (Fsp3) is 0.0833. The van der Waals surface area contributed by atoms with E-state index in [1.807, 2.05) is 31.2 Å². The SMILES string of the molecule is Cc1cccc(Nc2nccc(C#N)n2)c1Cl. The average Bonchev–Trinajstić information content (AvgIpc) is 2.35. The molecule has 0 unspecified atom stereocenters. The number of benzene rings is 1. The minimum Gasteiger partial charge on any atom is -0.323 e. The molecule has 1 N–H and O–H groups in total. The van der Waals surface area contributed by atoms with E-state index >= 15 is 0 Å². The van der Waals surface area contributed by atoms with E-state index in [2.05, 4.69) is 15.3 Å². The molecule has 0 saturated carbocycles. The highest BCUT2D eigenvalue weighted by Crippen LogP contribution is 2.26. The van der Waals surface area contributed by atoms with Crippen LogP contribution in [0.5, 0.6) is 0 Å². The third-order valence-corrected chi connectivity index (χ3v) is 2.71. The molecule has 0 bridgehead atoms. The van der Waals surface area contributed by atoms with Gasteiger partial charge in [0, 0.05) is 6.20 Å². The molecule has 84 valence electrons. The number of nitrogens with zero attached hydrogens (tertiary/aromatic N) is 3. The van der Waals surface area contributed by atoms with Gasteiger partial charge in [-0.3, -0.25) is 0 Å². The molecule has 1 aromatic carbocycles. The quantitative estimate of drug-likeness (QED) is 0.882. The number of halogens is 1. The number of nitriles is 1. The van der Waals surface area contributed by atoms with Crippen LogP contribution in [0.4, 0.5) is 11.6 Å². The van der Waals surface area contributed by atoms with E-state index < -0.39 is 0 Å². The summed E-state index contributed by atoms with van der Waals surface area (Å²) in [7, 11) is 0. The zero-order valence-electron chi connectivity index (χ0n) is 9.11. The third kappa shape index (κ3) is 2.52. The second-order valence-electron chi connectivity index (χ2n) is 3.44. The Labute approximate surface area is 104 Å². The van der Waals surface area contributed by atoms with Gasteiger partial charge in [-0.1, -0.05) is 23.7 Å². The molecule has 1 heterocycles. The summed E-state index contributed by atoms with van der Waals surface area (Å²) >= 11 is 6.13. The van der Waals surface area contributed by atoms with E-state index in [1.54, 1.807) is 6.07 Å². The van der Waals surface area contributed by atoms with Gasteiger partial charge in [0.25, 0.3) is 0 Å². The van der Waals surface area contributed by atoms with Gasteiger partial charge in [0.05, 0.1) is 10.7 Å². The van der Waals surface area contributed by atoms with Crippen molar-refractivity contribution in [2.75, 3.05) is 5.32 Å². The predicted molar refractivity (Wildman–Crippen MR) is 66.2 cm³/mol. The van der Waals surface area contributed by atoms with Crippen LogP contribution in [0.2, 0.25) is 5.02 Å². The molecule has 2 rings (SSSR count). The van der Waals surface area contributed by atoms with Crippen LogP contribution in [0.25, 0.3) is 0 Å². The Morgan fingerprint density at radius 2 is 2.18 bits per heavy atom. The van der Waals surface area contributed by atoms with Crippen molar-refractivity contribution in [1.82, 2.24) is 9.97 Å². The summed E-state index contributed by atoms with van der Waals surface area (Å²) < 4.78 is 0. The second kappa shape index (κ2) is 4.81. The van der Waals surface area contributed by atoms with Gasteiger partial charge in [0.15, 0.2) is 0 Å². The zero-order chi connectivity index (χ0) is 12.3. The van der Waals surface area contributed by atoms with Crippen molar-refractivity contribution in [2.24, 2.45) is 0 Å². The Kier molecular flexibility index (Phi) is 3.22. The Morgan fingerprint density at radius 3 is 2.94 bits per heavy atom. The summed E-state index contributed by atoms with van der Waals surface area (Å²) in [4.78, 5) is 8.04. The maximum absolute atomic E-state index is 8.73. The van der Waals surface area contributed by atoms with Crippen LogP contribution >= 0.6 is 11.6 Å². The molecule has 0 aliphatic rings. The number of aromatic nitrogens is 2. The number of rotatable bonds is 2. The van der Waals surface area contributed by atoms with Gasteiger partial charge in [-0.05, 0) is 24.6 Å². The molecular weight excluding hydrogens is 236 g/mol. The van der Waals surface area contributed by atoms with Crippen LogP contribution in [-0.4, -0.2) is 9.97 Å². The Hall–Kier alpha value is -2.12. The fourth-order valence-electron chi connectivity index (χ4n) is 1.35. The van der Waals surface area contributed by atoms with E-state index in [0.717, 1.165) is 11.3 Å². The highest BCUT2D eigenvalue weighted by atomic mass is 35.5. The molecule has 0 spiro atoms. The van der Waals surface area contributed by atoms with Crippen LogP contribution < -0.4 is 5.32 Å². The fourth-order valence-corrected chi connectivity index (χ4v) is 1.52. The monoisotopic (exact) mass is 244 g/mol. The minimum absolute atomic E-state index is 0.311. The molecule has 0 aliphatic carbocycles. The zero-order valence-corrected chi connectivity index (χ0v) is 9.86. The van der Waals surface area contributed by atoms with Gasteiger partial charge in [0.1, 0.15) is 11.8 Å². The molecule has 0 radical (unpaired) electrons. The largest absolute Gasteiger partial charge is 0.323 e. The van der Waals surface area contributed by atoms with Crippen molar-refractivity contribution in [1.29, 1.82) is 5.26 Å². The maximum atomic E-state index is 8.73. The lowest BCUT2D eigenvalue weighted by Gasteiger charge is -2.08. The molecule has 17 heavy (non-hydrogen) atoms.